The van der Waals surface area contributed by atoms with Crippen molar-refractivity contribution in [3.8, 4) is 0 Å². The average Bonchev–Trinajstić information content (AvgIpc) is 3.16. The summed E-state index contributed by atoms with van der Waals surface area (Å²) >= 11 is 0. The average molecular weight is 272 g/mol. The molecule has 1 fully saturated rings. The van der Waals surface area contributed by atoms with Gasteiger partial charge in [0.2, 0.25) is 11.8 Å². The zero-order chi connectivity index (χ0) is 13.9. The smallest absolute Gasteiger partial charge is 0.319 e. The van der Waals surface area contributed by atoms with Crippen molar-refractivity contribution in [2.24, 2.45) is 0 Å². The quantitative estimate of drug-likeness (QED) is 0.896. The third-order valence-electron chi connectivity index (χ3n) is 3.09. The van der Waals surface area contributed by atoms with Crippen LogP contribution in [0.15, 0.2) is 28.7 Å². The van der Waals surface area contributed by atoms with Crippen LogP contribution in [0.1, 0.15) is 36.1 Å². The van der Waals surface area contributed by atoms with Crippen LogP contribution in [0.25, 0.3) is 0 Å². The van der Waals surface area contributed by atoms with E-state index in [1.165, 1.54) is 0 Å². The van der Waals surface area contributed by atoms with Crippen LogP contribution < -0.4 is 10.6 Å². The van der Waals surface area contributed by atoms with Crippen molar-refractivity contribution < 1.29 is 9.21 Å². The van der Waals surface area contributed by atoms with Crippen LogP contribution in [-0.2, 0) is 6.54 Å². The Kier molecular flexibility index (Phi) is 3.37. The minimum absolute atomic E-state index is 0.234. The van der Waals surface area contributed by atoms with E-state index in [1.807, 2.05) is 31.2 Å². The Morgan fingerprint density at radius 1 is 1.40 bits per heavy atom. The monoisotopic (exact) mass is 272 g/mol. The Balaban J connectivity index is 1.51. The lowest BCUT2D eigenvalue weighted by atomic mass is 10.2. The number of anilines is 1. The molecule has 0 atom stereocenters. The van der Waals surface area contributed by atoms with Gasteiger partial charge in [-0.1, -0.05) is 12.1 Å². The number of aryl methyl sites for hydroxylation is 1. The number of urea groups is 1. The maximum Gasteiger partial charge on any atom is 0.319 e. The number of nitrogens with zero attached hydrogens (tertiary/aromatic N) is 2. The van der Waals surface area contributed by atoms with E-state index in [1.54, 1.807) is 0 Å². The molecule has 0 radical (unpaired) electrons. The molecule has 2 amide bonds. The van der Waals surface area contributed by atoms with Crippen molar-refractivity contribution in [2.45, 2.75) is 32.2 Å². The summed E-state index contributed by atoms with van der Waals surface area (Å²) in [6.45, 7) is 2.21. The van der Waals surface area contributed by atoms with Gasteiger partial charge in [-0.2, -0.15) is 0 Å². The highest BCUT2D eigenvalue weighted by Gasteiger charge is 2.29. The number of carbonyl (C=O) groups is 1. The summed E-state index contributed by atoms with van der Waals surface area (Å²) in [5, 5.41) is 13.3. The molecule has 104 valence electrons. The van der Waals surface area contributed by atoms with Gasteiger partial charge in [0.1, 0.15) is 0 Å². The van der Waals surface area contributed by atoms with Crippen LogP contribution in [0.5, 0.6) is 0 Å². The van der Waals surface area contributed by atoms with Crippen LogP contribution in [0.2, 0.25) is 0 Å². The van der Waals surface area contributed by atoms with Crippen LogP contribution in [0, 0.1) is 6.92 Å². The van der Waals surface area contributed by atoms with Gasteiger partial charge in [-0.05, 0) is 37.5 Å². The third-order valence-corrected chi connectivity index (χ3v) is 3.09. The summed E-state index contributed by atoms with van der Waals surface area (Å²) in [7, 11) is 0. The van der Waals surface area contributed by atoms with E-state index in [0.29, 0.717) is 17.7 Å². The second kappa shape index (κ2) is 5.32. The molecule has 1 aromatic heterocycles. The molecule has 20 heavy (non-hydrogen) atoms. The predicted octanol–water partition coefficient (Wildman–Crippen LogP) is 2.58. The van der Waals surface area contributed by atoms with Gasteiger partial charge in [0.25, 0.3) is 0 Å². The molecule has 6 heteroatoms. The first-order chi connectivity index (χ1) is 9.70. The van der Waals surface area contributed by atoms with Crippen molar-refractivity contribution in [3.05, 3.63) is 41.6 Å². The van der Waals surface area contributed by atoms with Crippen molar-refractivity contribution in [1.29, 1.82) is 0 Å². The third kappa shape index (κ3) is 3.14. The first-order valence-corrected chi connectivity index (χ1v) is 6.64. The van der Waals surface area contributed by atoms with Crippen molar-refractivity contribution >= 4 is 11.7 Å². The number of hydrogen-bond donors (Lipinski definition) is 2. The molecule has 1 saturated carbocycles. The van der Waals surface area contributed by atoms with Crippen LogP contribution in [-0.4, -0.2) is 16.2 Å². The lowest BCUT2D eigenvalue weighted by molar-refractivity contribution is 0.250. The Morgan fingerprint density at radius 3 is 3.00 bits per heavy atom. The number of rotatable bonds is 4. The lowest BCUT2D eigenvalue weighted by Gasteiger charge is -2.06. The molecule has 0 unspecified atom stereocenters. The maximum atomic E-state index is 11.7. The molecule has 0 spiro atoms. The van der Waals surface area contributed by atoms with E-state index in [4.69, 9.17) is 4.42 Å². The molecular weight excluding hydrogens is 256 g/mol. The summed E-state index contributed by atoms with van der Waals surface area (Å²) in [5.41, 5.74) is 1.85. The zero-order valence-electron chi connectivity index (χ0n) is 11.2. The van der Waals surface area contributed by atoms with Crippen molar-refractivity contribution in [3.63, 3.8) is 0 Å². The Bertz CT molecular complexity index is 619. The number of hydrogen-bond acceptors (Lipinski definition) is 4. The summed E-state index contributed by atoms with van der Waals surface area (Å²) in [6, 6.07) is 7.31. The molecule has 6 nitrogen and oxygen atoms in total. The van der Waals surface area contributed by atoms with Gasteiger partial charge in [-0.15, -0.1) is 10.2 Å². The number of carbonyl (C=O) groups excluding carboxylic acids is 1. The van der Waals surface area contributed by atoms with E-state index in [9.17, 15) is 4.79 Å². The predicted molar refractivity (Wildman–Crippen MR) is 73.3 cm³/mol. The second-order valence-electron chi connectivity index (χ2n) is 4.99. The Hall–Kier alpha value is -2.37. The van der Waals surface area contributed by atoms with E-state index in [2.05, 4.69) is 20.8 Å². The van der Waals surface area contributed by atoms with E-state index in [-0.39, 0.29) is 12.6 Å². The minimum Gasteiger partial charge on any atom is -0.423 e. The van der Waals surface area contributed by atoms with Crippen molar-refractivity contribution in [2.75, 3.05) is 5.32 Å². The molecule has 0 aliphatic heterocycles. The van der Waals surface area contributed by atoms with Crippen LogP contribution >= 0.6 is 0 Å². The van der Waals surface area contributed by atoms with Crippen molar-refractivity contribution in [1.82, 2.24) is 15.5 Å². The molecule has 1 heterocycles. The number of nitrogens with one attached hydrogen (secondary N) is 2. The maximum absolute atomic E-state index is 11.7. The van der Waals surface area contributed by atoms with Gasteiger partial charge in [-0.25, -0.2) is 4.79 Å². The van der Waals surface area contributed by atoms with Crippen LogP contribution in [0.4, 0.5) is 10.5 Å². The van der Waals surface area contributed by atoms with Gasteiger partial charge >= 0.3 is 6.03 Å². The molecule has 1 aliphatic rings. The van der Waals surface area contributed by atoms with E-state index >= 15 is 0 Å². The molecule has 0 saturated heterocycles. The standard InChI is InChI=1S/C14H16N4O2/c1-9-3-2-4-11(7-9)16-14(19)15-8-12-17-18-13(20-12)10-5-6-10/h2-4,7,10H,5-6,8H2,1H3,(H2,15,16,19). The summed E-state index contributed by atoms with van der Waals surface area (Å²) in [4.78, 5) is 11.7. The fraction of sp³-hybridized carbons (Fsp3) is 0.357. The minimum atomic E-state index is -0.290. The molecular formula is C14H16N4O2. The molecule has 0 bridgehead atoms. The summed E-state index contributed by atoms with van der Waals surface area (Å²) in [6.07, 6.45) is 2.23. The fourth-order valence-corrected chi connectivity index (χ4v) is 1.89. The molecule has 1 aromatic carbocycles. The van der Waals surface area contributed by atoms with E-state index in [0.717, 1.165) is 24.1 Å². The van der Waals surface area contributed by atoms with E-state index < -0.39 is 0 Å². The first kappa shape index (κ1) is 12.7. The van der Waals surface area contributed by atoms with Gasteiger partial charge in [0.05, 0.1) is 6.54 Å². The lowest BCUT2D eigenvalue weighted by Crippen LogP contribution is -2.28. The molecule has 1 aliphatic carbocycles. The van der Waals surface area contributed by atoms with Gasteiger partial charge in [0.15, 0.2) is 0 Å². The fourth-order valence-electron chi connectivity index (χ4n) is 1.89. The zero-order valence-corrected chi connectivity index (χ0v) is 11.2. The van der Waals surface area contributed by atoms with Gasteiger partial charge in [0, 0.05) is 11.6 Å². The molecule has 2 aromatic rings. The van der Waals surface area contributed by atoms with Gasteiger partial charge < -0.3 is 15.1 Å². The SMILES string of the molecule is Cc1cccc(NC(=O)NCc2nnc(C3CC3)o2)c1. The topological polar surface area (TPSA) is 80.0 Å². The Morgan fingerprint density at radius 2 is 2.25 bits per heavy atom. The highest BCUT2D eigenvalue weighted by atomic mass is 16.4. The summed E-state index contributed by atoms with van der Waals surface area (Å²) < 4.78 is 5.46. The normalized spacial score (nSPS) is 14.1. The first-order valence-electron chi connectivity index (χ1n) is 6.64. The number of aromatic nitrogens is 2. The summed E-state index contributed by atoms with van der Waals surface area (Å²) in [5.74, 6) is 1.55. The molecule has 2 N–H and O–H groups in total. The van der Waals surface area contributed by atoms with Gasteiger partial charge in [-0.3, -0.25) is 0 Å². The largest absolute Gasteiger partial charge is 0.423 e. The van der Waals surface area contributed by atoms with Crippen LogP contribution in [0.3, 0.4) is 0 Å². The molecule has 3 rings (SSSR count). The number of benzene rings is 1. The Labute approximate surface area is 116 Å². The second-order valence-corrected chi connectivity index (χ2v) is 4.99. The highest BCUT2D eigenvalue weighted by molar-refractivity contribution is 5.89. The highest BCUT2D eigenvalue weighted by Crippen LogP contribution is 2.38. The number of amides is 2.